The molecule has 0 N–H and O–H groups in total. The molecule has 1 aliphatic rings. The smallest absolute Gasteiger partial charge is 0.0178 e. The van der Waals surface area contributed by atoms with Crippen LogP contribution < -0.4 is 0 Å². The first-order valence-electron chi connectivity index (χ1n) is 6.06. The maximum Gasteiger partial charge on any atom is 0.0178 e. The third-order valence-electron chi connectivity index (χ3n) is 3.87. The summed E-state index contributed by atoms with van der Waals surface area (Å²) in [6.45, 7) is 4.62. The molecular weight excluding hydrogens is 352 g/mol. The predicted octanol–water partition coefficient (Wildman–Crippen LogP) is 5.44. The number of halogens is 2. The van der Waals surface area contributed by atoms with Gasteiger partial charge in [0.2, 0.25) is 0 Å². The van der Waals surface area contributed by atoms with Crippen molar-refractivity contribution in [1.82, 2.24) is 0 Å². The Balaban J connectivity index is 2.27. The second-order valence-electron chi connectivity index (χ2n) is 5.40. The summed E-state index contributed by atoms with van der Waals surface area (Å²) in [5.41, 5.74) is 5.82. The Hall–Kier alpha value is -0.600. The minimum Gasteiger partial charge on any atom is -0.0573 e. The van der Waals surface area contributed by atoms with Gasteiger partial charge in [0.25, 0.3) is 0 Å². The van der Waals surface area contributed by atoms with Gasteiger partial charge in [0, 0.05) is 14.4 Å². The molecule has 2 aromatic rings. The van der Waals surface area contributed by atoms with E-state index >= 15 is 0 Å². The SMILES string of the molecule is CC1(C)c2cc(Br)ccc2Cc2ccc(Br)cc21. The number of fused-ring (bicyclic) bond motifs is 2. The Morgan fingerprint density at radius 2 is 1.28 bits per heavy atom. The van der Waals surface area contributed by atoms with E-state index < -0.39 is 0 Å². The highest BCUT2D eigenvalue weighted by Gasteiger charge is 2.32. The molecule has 1 aliphatic carbocycles. The van der Waals surface area contributed by atoms with Crippen molar-refractivity contribution in [1.29, 1.82) is 0 Å². The molecule has 0 saturated heterocycles. The number of rotatable bonds is 0. The van der Waals surface area contributed by atoms with Gasteiger partial charge in [0.1, 0.15) is 0 Å². The zero-order valence-corrected chi connectivity index (χ0v) is 13.6. The summed E-state index contributed by atoms with van der Waals surface area (Å²) >= 11 is 7.17. The topological polar surface area (TPSA) is 0 Å². The lowest BCUT2D eigenvalue weighted by atomic mass is 9.69. The highest BCUT2D eigenvalue weighted by atomic mass is 79.9. The fraction of sp³-hybridized carbons (Fsp3) is 0.250. The van der Waals surface area contributed by atoms with Gasteiger partial charge in [-0.1, -0.05) is 57.8 Å². The molecule has 0 amide bonds. The van der Waals surface area contributed by atoms with E-state index in [-0.39, 0.29) is 5.41 Å². The third kappa shape index (κ3) is 1.86. The van der Waals surface area contributed by atoms with Crippen molar-refractivity contribution in [3.63, 3.8) is 0 Å². The van der Waals surface area contributed by atoms with Crippen molar-refractivity contribution in [3.8, 4) is 0 Å². The fourth-order valence-corrected chi connectivity index (χ4v) is 3.64. The molecule has 2 aromatic carbocycles. The van der Waals surface area contributed by atoms with Gasteiger partial charge in [-0.15, -0.1) is 0 Å². The molecule has 0 saturated carbocycles. The van der Waals surface area contributed by atoms with E-state index in [0.29, 0.717) is 0 Å². The van der Waals surface area contributed by atoms with E-state index in [1.165, 1.54) is 22.3 Å². The van der Waals surface area contributed by atoms with Crippen LogP contribution >= 0.6 is 31.9 Å². The van der Waals surface area contributed by atoms with E-state index in [9.17, 15) is 0 Å². The summed E-state index contributed by atoms with van der Waals surface area (Å²) in [5.74, 6) is 0. The molecule has 92 valence electrons. The first-order valence-corrected chi connectivity index (χ1v) is 7.65. The molecule has 0 bridgehead atoms. The van der Waals surface area contributed by atoms with Crippen LogP contribution in [0.25, 0.3) is 0 Å². The average molecular weight is 366 g/mol. The van der Waals surface area contributed by atoms with Crippen molar-refractivity contribution in [3.05, 3.63) is 67.6 Å². The summed E-state index contributed by atoms with van der Waals surface area (Å²) in [5, 5.41) is 0. The average Bonchev–Trinajstić information content (AvgIpc) is 2.32. The fourth-order valence-electron chi connectivity index (χ4n) is 2.92. The minimum absolute atomic E-state index is 0.0659. The molecule has 0 unspecified atom stereocenters. The van der Waals surface area contributed by atoms with E-state index in [2.05, 4.69) is 82.1 Å². The van der Waals surface area contributed by atoms with E-state index in [1.807, 2.05) is 0 Å². The molecular formula is C16H14Br2. The zero-order chi connectivity index (χ0) is 12.9. The maximum absolute atomic E-state index is 3.59. The molecule has 3 rings (SSSR count). The van der Waals surface area contributed by atoms with Crippen LogP contribution in [0.5, 0.6) is 0 Å². The van der Waals surface area contributed by atoms with Crippen LogP contribution in [-0.4, -0.2) is 0 Å². The molecule has 0 atom stereocenters. The molecule has 0 heterocycles. The molecule has 0 spiro atoms. The van der Waals surface area contributed by atoms with Gasteiger partial charge in [-0.25, -0.2) is 0 Å². The summed E-state index contributed by atoms with van der Waals surface area (Å²) in [6, 6.07) is 13.3. The van der Waals surface area contributed by atoms with Crippen LogP contribution in [0, 0.1) is 0 Å². The van der Waals surface area contributed by atoms with Gasteiger partial charge >= 0.3 is 0 Å². The van der Waals surface area contributed by atoms with Crippen LogP contribution in [0.4, 0.5) is 0 Å². The number of benzene rings is 2. The second-order valence-corrected chi connectivity index (χ2v) is 7.24. The maximum atomic E-state index is 3.59. The summed E-state index contributed by atoms with van der Waals surface area (Å²) in [4.78, 5) is 0. The van der Waals surface area contributed by atoms with E-state index in [0.717, 1.165) is 15.4 Å². The lowest BCUT2D eigenvalue weighted by Crippen LogP contribution is -2.27. The second kappa shape index (κ2) is 4.21. The van der Waals surface area contributed by atoms with E-state index in [4.69, 9.17) is 0 Å². The monoisotopic (exact) mass is 364 g/mol. The summed E-state index contributed by atoms with van der Waals surface area (Å²) in [6.07, 6.45) is 1.04. The van der Waals surface area contributed by atoms with Gasteiger partial charge < -0.3 is 0 Å². The number of hydrogen-bond donors (Lipinski definition) is 0. The molecule has 0 aliphatic heterocycles. The Labute approximate surface area is 125 Å². The summed E-state index contributed by atoms with van der Waals surface area (Å²) < 4.78 is 2.32. The van der Waals surface area contributed by atoms with Crippen molar-refractivity contribution >= 4 is 31.9 Å². The lowest BCUT2D eigenvalue weighted by Gasteiger charge is -2.35. The molecule has 0 radical (unpaired) electrons. The minimum atomic E-state index is 0.0659. The first-order chi connectivity index (χ1) is 8.48. The van der Waals surface area contributed by atoms with Crippen LogP contribution in [0.3, 0.4) is 0 Å². The van der Waals surface area contributed by atoms with Crippen molar-refractivity contribution in [2.75, 3.05) is 0 Å². The quantitative estimate of drug-likeness (QED) is 0.582. The van der Waals surface area contributed by atoms with Crippen molar-refractivity contribution < 1.29 is 0 Å². The molecule has 0 fully saturated rings. The molecule has 18 heavy (non-hydrogen) atoms. The third-order valence-corrected chi connectivity index (χ3v) is 4.86. The first kappa shape index (κ1) is 12.4. The molecule has 2 heteroatoms. The summed E-state index contributed by atoms with van der Waals surface area (Å²) in [7, 11) is 0. The van der Waals surface area contributed by atoms with E-state index in [1.54, 1.807) is 0 Å². The van der Waals surface area contributed by atoms with Gasteiger partial charge in [-0.3, -0.25) is 0 Å². The van der Waals surface area contributed by atoms with Crippen molar-refractivity contribution in [2.24, 2.45) is 0 Å². The van der Waals surface area contributed by atoms with Gasteiger partial charge in [-0.2, -0.15) is 0 Å². The lowest BCUT2D eigenvalue weighted by molar-refractivity contribution is 0.609. The van der Waals surface area contributed by atoms with Crippen LogP contribution in [-0.2, 0) is 11.8 Å². The number of hydrogen-bond acceptors (Lipinski definition) is 0. The van der Waals surface area contributed by atoms with Crippen LogP contribution in [0.15, 0.2) is 45.3 Å². The predicted molar refractivity (Wildman–Crippen MR) is 83.2 cm³/mol. The zero-order valence-electron chi connectivity index (χ0n) is 10.4. The highest BCUT2D eigenvalue weighted by molar-refractivity contribution is 9.10. The standard InChI is InChI=1S/C16H14Br2/c1-16(2)14-8-12(17)5-3-10(14)7-11-4-6-13(18)9-15(11)16/h3-6,8-9H,7H2,1-2H3. The van der Waals surface area contributed by atoms with Crippen LogP contribution in [0.1, 0.15) is 36.1 Å². The van der Waals surface area contributed by atoms with Gasteiger partial charge in [-0.05, 0) is 52.9 Å². The van der Waals surface area contributed by atoms with Gasteiger partial charge in [0.15, 0.2) is 0 Å². The highest BCUT2D eigenvalue weighted by Crippen LogP contribution is 2.42. The normalized spacial score (nSPS) is 16.0. The van der Waals surface area contributed by atoms with Gasteiger partial charge in [0.05, 0.1) is 0 Å². The molecule has 0 nitrogen and oxygen atoms in total. The Kier molecular flexibility index (Phi) is 2.91. The Bertz CT molecular complexity index is 573. The Morgan fingerprint density at radius 3 is 1.72 bits per heavy atom. The largest absolute Gasteiger partial charge is 0.0573 e. The molecule has 0 aromatic heterocycles. The van der Waals surface area contributed by atoms with Crippen LogP contribution in [0.2, 0.25) is 0 Å². The van der Waals surface area contributed by atoms with Crippen molar-refractivity contribution in [2.45, 2.75) is 25.7 Å². The Morgan fingerprint density at radius 1 is 0.833 bits per heavy atom.